The number of esters is 2. The zero-order chi connectivity index (χ0) is 9.40. The second-order valence-electron chi connectivity index (χ2n) is 2.46. The van der Waals surface area contributed by atoms with Crippen LogP contribution in [0.15, 0.2) is 0 Å². The van der Waals surface area contributed by atoms with Crippen LogP contribution in [0, 0.1) is 0 Å². The molecule has 72 valence electrons. The SMILES string of the molecule is CCCCCC(=O)OC(=O)CO.[H-].[Na+]. The molecule has 0 fully saturated rings. The Hall–Kier alpha value is 0.1000. The Morgan fingerprint density at radius 3 is 2.38 bits per heavy atom. The Morgan fingerprint density at radius 2 is 1.92 bits per heavy atom. The third-order valence-electron chi connectivity index (χ3n) is 1.34. The van der Waals surface area contributed by atoms with Crippen LogP contribution in [-0.4, -0.2) is 23.7 Å². The fourth-order valence-corrected chi connectivity index (χ4v) is 0.730. The van der Waals surface area contributed by atoms with Crippen molar-refractivity contribution >= 4 is 11.9 Å². The first-order chi connectivity index (χ1) is 5.70. The molecule has 0 saturated carbocycles. The molecule has 0 aromatic carbocycles. The zero-order valence-corrected chi connectivity index (χ0v) is 10.2. The van der Waals surface area contributed by atoms with Crippen molar-refractivity contribution in [1.29, 1.82) is 0 Å². The Balaban J connectivity index is -0.000000605. The monoisotopic (exact) mass is 198 g/mol. The Bertz CT molecular complexity index is 163. The molecule has 0 spiro atoms. The van der Waals surface area contributed by atoms with Gasteiger partial charge in [-0.1, -0.05) is 19.8 Å². The molecule has 0 saturated heterocycles. The van der Waals surface area contributed by atoms with Gasteiger partial charge in [0.1, 0.15) is 6.61 Å². The number of carbonyl (C=O) groups excluding carboxylic acids is 2. The van der Waals surface area contributed by atoms with Crippen LogP contribution >= 0.6 is 0 Å². The molecule has 0 bridgehead atoms. The van der Waals surface area contributed by atoms with Gasteiger partial charge in [0.05, 0.1) is 0 Å². The minimum absolute atomic E-state index is 0. The predicted molar refractivity (Wildman–Crippen MR) is 43.4 cm³/mol. The molecule has 0 amide bonds. The predicted octanol–water partition coefficient (Wildman–Crippen LogP) is -2.25. The number of aliphatic hydroxyl groups is 1. The van der Waals surface area contributed by atoms with Gasteiger partial charge >= 0.3 is 41.5 Å². The molecular weight excluding hydrogens is 183 g/mol. The molecule has 13 heavy (non-hydrogen) atoms. The van der Waals surface area contributed by atoms with Crippen LogP contribution in [0.25, 0.3) is 0 Å². The molecule has 0 heterocycles. The fraction of sp³-hybridized carbons (Fsp3) is 0.750. The molecule has 4 nitrogen and oxygen atoms in total. The number of unbranched alkanes of at least 4 members (excludes halogenated alkanes) is 2. The third-order valence-corrected chi connectivity index (χ3v) is 1.34. The molecule has 0 aliphatic rings. The van der Waals surface area contributed by atoms with Crippen molar-refractivity contribution in [2.75, 3.05) is 6.61 Å². The minimum atomic E-state index is -0.878. The molecule has 0 aromatic rings. The van der Waals surface area contributed by atoms with Gasteiger partial charge in [0.2, 0.25) is 0 Å². The summed E-state index contributed by atoms with van der Waals surface area (Å²) < 4.78 is 4.22. The molecule has 0 aliphatic carbocycles. The summed E-state index contributed by atoms with van der Waals surface area (Å²) in [5.74, 6) is -1.43. The smallest absolute Gasteiger partial charge is 1.00 e. The van der Waals surface area contributed by atoms with Gasteiger partial charge in [-0.15, -0.1) is 0 Å². The standard InChI is InChI=1S/C8H14O4.Na.H/c1-2-3-4-5-7(10)12-8(11)6-9;;/h9H,2-6H2,1H3;;/q;+1;-1. The fourth-order valence-electron chi connectivity index (χ4n) is 0.730. The normalized spacial score (nSPS) is 8.77. The number of hydrogen-bond acceptors (Lipinski definition) is 4. The molecule has 5 heteroatoms. The van der Waals surface area contributed by atoms with Crippen LogP contribution in [0.3, 0.4) is 0 Å². The minimum Gasteiger partial charge on any atom is -1.00 e. The first-order valence-electron chi connectivity index (χ1n) is 4.05. The van der Waals surface area contributed by atoms with Crippen LogP contribution in [0.2, 0.25) is 0 Å². The number of ether oxygens (including phenoxy) is 1. The Labute approximate surface area is 101 Å². The summed E-state index contributed by atoms with van der Waals surface area (Å²) in [5, 5.41) is 8.23. The quantitative estimate of drug-likeness (QED) is 0.234. The van der Waals surface area contributed by atoms with Crippen molar-refractivity contribution in [3.63, 3.8) is 0 Å². The summed E-state index contributed by atoms with van der Waals surface area (Å²) in [6.07, 6.45) is 2.94. The van der Waals surface area contributed by atoms with Gasteiger partial charge in [-0.2, -0.15) is 0 Å². The maximum Gasteiger partial charge on any atom is 1.00 e. The number of hydrogen-bond donors (Lipinski definition) is 1. The molecule has 1 N–H and O–H groups in total. The molecular formula is C8H15NaO4. The number of aliphatic hydroxyl groups excluding tert-OH is 1. The maximum absolute atomic E-state index is 10.7. The second kappa shape index (κ2) is 10.2. The van der Waals surface area contributed by atoms with E-state index in [9.17, 15) is 9.59 Å². The van der Waals surface area contributed by atoms with Crippen LogP contribution in [0.4, 0.5) is 0 Å². The maximum atomic E-state index is 10.7. The van der Waals surface area contributed by atoms with E-state index in [1.54, 1.807) is 0 Å². The summed E-state index contributed by atoms with van der Waals surface area (Å²) in [4.78, 5) is 21.1. The van der Waals surface area contributed by atoms with E-state index in [1.807, 2.05) is 6.92 Å². The Morgan fingerprint density at radius 1 is 1.31 bits per heavy atom. The molecule has 0 atom stereocenters. The van der Waals surface area contributed by atoms with Crippen molar-refractivity contribution in [3.05, 3.63) is 0 Å². The van der Waals surface area contributed by atoms with Crippen molar-refractivity contribution in [2.45, 2.75) is 32.6 Å². The van der Waals surface area contributed by atoms with Gasteiger partial charge in [-0.3, -0.25) is 4.79 Å². The molecule has 0 aliphatic heterocycles. The topological polar surface area (TPSA) is 63.6 Å². The van der Waals surface area contributed by atoms with Gasteiger partial charge in [0, 0.05) is 6.42 Å². The second-order valence-corrected chi connectivity index (χ2v) is 2.46. The van der Waals surface area contributed by atoms with Gasteiger partial charge < -0.3 is 11.3 Å². The van der Waals surface area contributed by atoms with E-state index >= 15 is 0 Å². The molecule has 0 rings (SSSR count). The largest absolute Gasteiger partial charge is 1.00 e. The molecule has 0 aromatic heterocycles. The van der Waals surface area contributed by atoms with Gasteiger partial charge in [0.15, 0.2) is 0 Å². The van der Waals surface area contributed by atoms with E-state index in [1.165, 1.54) is 0 Å². The van der Waals surface area contributed by atoms with E-state index in [0.29, 0.717) is 0 Å². The van der Waals surface area contributed by atoms with Crippen molar-refractivity contribution in [1.82, 2.24) is 0 Å². The Kier molecular flexibility index (Phi) is 12.2. The van der Waals surface area contributed by atoms with Crippen LogP contribution < -0.4 is 29.6 Å². The summed E-state index contributed by atoms with van der Waals surface area (Å²) in [6, 6.07) is 0. The average molecular weight is 198 g/mol. The van der Waals surface area contributed by atoms with Crippen molar-refractivity contribution in [2.24, 2.45) is 0 Å². The van der Waals surface area contributed by atoms with E-state index in [0.717, 1.165) is 19.3 Å². The van der Waals surface area contributed by atoms with E-state index < -0.39 is 18.5 Å². The van der Waals surface area contributed by atoms with Crippen molar-refractivity contribution < 1.29 is 50.4 Å². The summed E-state index contributed by atoms with van der Waals surface area (Å²) in [5.41, 5.74) is 0. The number of rotatable bonds is 5. The molecule has 0 radical (unpaired) electrons. The average Bonchev–Trinajstić information content (AvgIpc) is 2.05. The van der Waals surface area contributed by atoms with E-state index in [2.05, 4.69) is 4.74 Å². The van der Waals surface area contributed by atoms with Crippen molar-refractivity contribution in [3.8, 4) is 0 Å². The first kappa shape index (κ1) is 15.6. The molecule has 0 unspecified atom stereocenters. The first-order valence-corrected chi connectivity index (χ1v) is 4.05. The van der Waals surface area contributed by atoms with Gasteiger partial charge in [-0.05, 0) is 6.42 Å². The van der Waals surface area contributed by atoms with Crippen LogP contribution in [-0.2, 0) is 14.3 Å². The van der Waals surface area contributed by atoms with Gasteiger partial charge in [-0.25, -0.2) is 4.79 Å². The summed E-state index contributed by atoms with van der Waals surface area (Å²) in [7, 11) is 0. The third kappa shape index (κ3) is 10.0. The van der Waals surface area contributed by atoms with E-state index in [-0.39, 0.29) is 37.4 Å². The number of carbonyl (C=O) groups is 2. The zero-order valence-electron chi connectivity index (χ0n) is 9.21. The van der Waals surface area contributed by atoms with Crippen LogP contribution in [0.1, 0.15) is 34.0 Å². The summed E-state index contributed by atoms with van der Waals surface area (Å²) >= 11 is 0. The van der Waals surface area contributed by atoms with Gasteiger partial charge in [0.25, 0.3) is 0 Å². The van der Waals surface area contributed by atoms with Crippen LogP contribution in [0.5, 0.6) is 0 Å². The van der Waals surface area contributed by atoms with E-state index in [4.69, 9.17) is 5.11 Å². The summed E-state index contributed by atoms with van der Waals surface area (Å²) in [6.45, 7) is 1.28.